The molecule has 0 bridgehead atoms. The molecule has 136 valence electrons. The molecule has 1 aliphatic heterocycles. The van der Waals surface area contributed by atoms with Crippen LogP contribution in [0.3, 0.4) is 0 Å². The highest BCUT2D eigenvalue weighted by Crippen LogP contribution is 2.39. The van der Waals surface area contributed by atoms with Crippen LogP contribution in [0.4, 0.5) is 0 Å². The van der Waals surface area contributed by atoms with Crippen molar-refractivity contribution in [3.05, 3.63) is 77.8 Å². The first kappa shape index (κ1) is 17.2. The van der Waals surface area contributed by atoms with Crippen molar-refractivity contribution < 1.29 is 14.3 Å². The average Bonchev–Trinajstić information content (AvgIpc) is 3.27. The molecule has 1 saturated heterocycles. The van der Waals surface area contributed by atoms with Gasteiger partial charge in [0.1, 0.15) is 17.6 Å². The summed E-state index contributed by atoms with van der Waals surface area (Å²) in [6, 6.07) is 15.8. The molecule has 1 fully saturated rings. The maximum atomic E-state index is 11.5. The van der Waals surface area contributed by atoms with E-state index in [0.29, 0.717) is 22.2 Å². The number of nitrogens with zero attached hydrogens (tertiary/aromatic N) is 2. The van der Waals surface area contributed by atoms with Gasteiger partial charge in [0.2, 0.25) is 0 Å². The fraction of sp³-hybridized carbons (Fsp3) is 0.150. The quantitative estimate of drug-likeness (QED) is 0.670. The molecule has 27 heavy (non-hydrogen) atoms. The highest BCUT2D eigenvalue weighted by atomic mass is 32.1. The molecule has 7 heteroatoms. The van der Waals surface area contributed by atoms with Gasteiger partial charge in [0.25, 0.3) is 0 Å². The Morgan fingerprint density at radius 3 is 2.70 bits per heavy atom. The minimum absolute atomic E-state index is 0.155. The van der Waals surface area contributed by atoms with Crippen molar-refractivity contribution in [3.63, 3.8) is 0 Å². The van der Waals surface area contributed by atoms with E-state index in [9.17, 15) is 9.90 Å². The summed E-state index contributed by atoms with van der Waals surface area (Å²) in [5, 5.41) is 13.3. The number of likely N-dealkylation sites (N-methyl/N-ethyl adjacent to an activating group) is 1. The van der Waals surface area contributed by atoms with Gasteiger partial charge in [-0.15, -0.1) is 0 Å². The second-order valence-electron chi connectivity index (χ2n) is 6.29. The number of aromatic carboxylic acids is 1. The van der Waals surface area contributed by atoms with Gasteiger partial charge in [0.05, 0.1) is 17.3 Å². The third kappa shape index (κ3) is 3.06. The van der Waals surface area contributed by atoms with Gasteiger partial charge in [-0.1, -0.05) is 24.3 Å². The van der Waals surface area contributed by atoms with E-state index in [4.69, 9.17) is 16.6 Å². The molecular weight excluding hydrogens is 362 g/mol. The van der Waals surface area contributed by atoms with Crippen LogP contribution < -0.4 is 5.32 Å². The lowest BCUT2D eigenvalue weighted by Crippen LogP contribution is -2.24. The van der Waals surface area contributed by atoms with E-state index in [1.54, 1.807) is 36.5 Å². The molecular formula is C20H17N3O3S. The first-order chi connectivity index (χ1) is 13.1. The fourth-order valence-corrected chi connectivity index (χ4v) is 3.60. The summed E-state index contributed by atoms with van der Waals surface area (Å²) >= 11 is 5.42. The van der Waals surface area contributed by atoms with Crippen LogP contribution in [0.2, 0.25) is 0 Å². The fourth-order valence-electron chi connectivity index (χ4n) is 3.36. The van der Waals surface area contributed by atoms with Crippen molar-refractivity contribution >= 4 is 23.3 Å². The predicted octanol–water partition coefficient (Wildman–Crippen LogP) is 3.64. The summed E-state index contributed by atoms with van der Waals surface area (Å²) in [7, 11) is 1.90. The molecule has 1 aromatic carbocycles. The number of hydrogen-bond acceptors (Lipinski definition) is 4. The largest absolute Gasteiger partial charge is 0.478 e. The maximum Gasteiger partial charge on any atom is 0.336 e. The average molecular weight is 379 g/mol. The van der Waals surface area contributed by atoms with Gasteiger partial charge in [0, 0.05) is 18.8 Å². The smallest absolute Gasteiger partial charge is 0.336 e. The Kier molecular flexibility index (Phi) is 4.37. The van der Waals surface area contributed by atoms with Gasteiger partial charge in [-0.25, -0.2) is 4.79 Å². The number of carboxylic acid groups (broad SMARTS) is 1. The van der Waals surface area contributed by atoms with Crippen LogP contribution in [0.15, 0.2) is 65.2 Å². The van der Waals surface area contributed by atoms with Crippen molar-refractivity contribution in [2.75, 3.05) is 7.05 Å². The van der Waals surface area contributed by atoms with E-state index in [2.05, 4.69) is 10.3 Å². The molecule has 4 rings (SSSR count). The van der Waals surface area contributed by atoms with E-state index in [1.807, 2.05) is 36.2 Å². The number of carboxylic acids is 1. The second-order valence-corrected chi connectivity index (χ2v) is 6.68. The SMILES string of the molecule is CN1C(=S)N[C@@H](c2ccccn2)[C@@H]1c1ccc(-c2ccccc2C(=O)O)o1. The number of hydrogen-bond donors (Lipinski definition) is 2. The lowest BCUT2D eigenvalue weighted by atomic mass is 10.0. The summed E-state index contributed by atoms with van der Waals surface area (Å²) in [5.74, 6) is 0.209. The van der Waals surface area contributed by atoms with Gasteiger partial charge in [-0.2, -0.15) is 0 Å². The van der Waals surface area contributed by atoms with E-state index in [1.165, 1.54) is 0 Å². The van der Waals surface area contributed by atoms with Gasteiger partial charge in [-0.3, -0.25) is 4.98 Å². The molecule has 0 unspecified atom stereocenters. The first-order valence-electron chi connectivity index (χ1n) is 8.43. The van der Waals surface area contributed by atoms with Crippen LogP contribution in [0.1, 0.15) is 33.9 Å². The molecule has 3 heterocycles. The number of furan rings is 1. The highest BCUT2D eigenvalue weighted by molar-refractivity contribution is 7.80. The number of aromatic nitrogens is 1. The number of carbonyl (C=O) groups is 1. The Bertz CT molecular complexity index is 1000. The van der Waals surface area contributed by atoms with Crippen LogP contribution in [0.25, 0.3) is 11.3 Å². The van der Waals surface area contributed by atoms with Gasteiger partial charge >= 0.3 is 5.97 Å². The summed E-state index contributed by atoms with van der Waals surface area (Å²) in [6.07, 6.45) is 1.74. The minimum atomic E-state index is -0.990. The van der Waals surface area contributed by atoms with Crippen molar-refractivity contribution in [2.24, 2.45) is 0 Å². The lowest BCUT2D eigenvalue weighted by Gasteiger charge is -2.21. The monoisotopic (exact) mass is 379 g/mol. The number of pyridine rings is 1. The number of rotatable bonds is 4. The van der Waals surface area contributed by atoms with Crippen molar-refractivity contribution in [1.29, 1.82) is 0 Å². The molecule has 3 aromatic rings. The molecule has 0 radical (unpaired) electrons. The Hall–Kier alpha value is -3.19. The van der Waals surface area contributed by atoms with Gasteiger partial charge in [-0.05, 0) is 42.5 Å². The topological polar surface area (TPSA) is 78.6 Å². The second kappa shape index (κ2) is 6.85. The van der Waals surface area contributed by atoms with Gasteiger partial charge < -0.3 is 19.7 Å². The van der Waals surface area contributed by atoms with E-state index < -0.39 is 5.97 Å². The van der Waals surface area contributed by atoms with E-state index in [0.717, 1.165) is 5.69 Å². The third-order valence-electron chi connectivity index (χ3n) is 4.68. The Morgan fingerprint density at radius 2 is 1.96 bits per heavy atom. The molecule has 0 aliphatic carbocycles. The lowest BCUT2D eigenvalue weighted by molar-refractivity contribution is 0.0697. The predicted molar refractivity (Wildman–Crippen MR) is 104 cm³/mol. The van der Waals surface area contributed by atoms with Gasteiger partial charge in [0.15, 0.2) is 5.11 Å². The minimum Gasteiger partial charge on any atom is -0.478 e. The first-order valence-corrected chi connectivity index (χ1v) is 8.84. The van der Waals surface area contributed by atoms with Crippen molar-refractivity contribution in [1.82, 2.24) is 15.2 Å². The molecule has 2 aromatic heterocycles. The van der Waals surface area contributed by atoms with Crippen LogP contribution in [-0.4, -0.2) is 33.1 Å². The van der Waals surface area contributed by atoms with Crippen LogP contribution >= 0.6 is 12.2 Å². The van der Waals surface area contributed by atoms with Crippen molar-refractivity contribution in [2.45, 2.75) is 12.1 Å². The molecule has 1 aliphatic rings. The van der Waals surface area contributed by atoms with Crippen molar-refractivity contribution in [3.8, 4) is 11.3 Å². The van der Waals surface area contributed by atoms with Crippen LogP contribution in [-0.2, 0) is 0 Å². The molecule has 2 N–H and O–H groups in total. The van der Waals surface area contributed by atoms with E-state index >= 15 is 0 Å². The summed E-state index contributed by atoms with van der Waals surface area (Å²) in [4.78, 5) is 17.9. The standard InChI is InChI=1S/C20H17N3O3S/c1-23-18(17(22-20(23)27)14-8-4-5-11-21-14)16-10-9-15(26-16)12-6-2-3-7-13(12)19(24)25/h2-11,17-18H,1H3,(H,22,27)(H,24,25)/t17-,18-/m0/s1. The summed E-state index contributed by atoms with van der Waals surface area (Å²) < 4.78 is 6.08. The zero-order valence-corrected chi connectivity index (χ0v) is 15.3. The summed E-state index contributed by atoms with van der Waals surface area (Å²) in [6.45, 7) is 0. The molecule has 0 saturated carbocycles. The van der Waals surface area contributed by atoms with Crippen LogP contribution in [0, 0.1) is 0 Å². The van der Waals surface area contributed by atoms with E-state index in [-0.39, 0.29) is 17.6 Å². The molecule has 6 nitrogen and oxygen atoms in total. The zero-order chi connectivity index (χ0) is 19.0. The number of thiocarbonyl (C=S) groups is 1. The van der Waals surface area contributed by atoms with Crippen LogP contribution in [0.5, 0.6) is 0 Å². The third-order valence-corrected chi connectivity index (χ3v) is 5.09. The Labute approximate surface area is 161 Å². The number of nitrogens with one attached hydrogen (secondary N) is 1. The maximum absolute atomic E-state index is 11.5. The Morgan fingerprint density at radius 1 is 1.19 bits per heavy atom. The molecule has 2 atom stereocenters. The number of benzene rings is 1. The molecule has 0 spiro atoms. The summed E-state index contributed by atoms with van der Waals surface area (Å²) in [5.41, 5.74) is 1.60. The molecule has 0 amide bonds. The normalized spacial score (nSPS) is 19.1. The highest BCUT2D eigenvalue weighted by Gasteiger charge is 2.39. The Balaban J connectivity index is 1.74. The zero-order valence-electron chi connectivity index (χ0n) is 14.5.